The molecule has 0 radical (unpaired) electrons. The van der Waals surface area contributed by atoms with Gasteiger partial charge in [0.2, 0.25) is 0 Å². The third-order valence-corrected chi connectivity index (χ3v) is 3.09. The van der Waals surface area contributed by atoms with Crippen LogP contribution in [0.3, 0.4) is 0 Å². The molecule has 20 heavy (non-hydrogen) atoms. The molecule has 2 atom stereocenters. The fourth-order valence-corrected chi connectivity index (χ4v) is 1.97. The first-order chi connectivity index (χ1) is 9.49. The molecular formula is C15H14F3NO. The van der Waals surface area contributed by atoms with Crippen molar-refractivity contribution in [2.75, 3.05) is 0 Å². The Labute approximate surface area is 114 Å². The Morgan fingerprint density at radius 1 is 1.00 bits per heavy atom. The fourth-order valence-electron chi connectivity index (χ4n) is 1.97. The summed E-state index contributed by atoms with van der Waals surface area (Å²) in [5.41, 5.74) is 6.63. The predicted octanol–water partition coefficient (Wildman–Crippen LogP) is 2.71. The van der Waals surface area contributed by atoms with Gasteiger partial charge in [0, 0.05) is 6.42 Å². The van der Waals surface area contributed by atoms with E-state index in [2.05, 4.69) is 0 Å². The van der Waals surface area contributed by atoms with E-state index in [1.54, 1.807) is 0 Å². The van der Waals surface area contributed by atoms with Gasteiger partial charge in [0.25, 0.3) is 0 Å². The lowest BCUT2D eigenvalue weighted by Crippen LogP contribution is -2.28. The quantitative estimate of drug-likeness (QED) is 0.846. The van der Waals surface area contributed by atoms with E-state index >= 15 is 0 Å². The molecule has 2 aromatic rings. The van der Waals surface area contributed by atoms with Crippen LogP contribution in [0.2, 0.25) is 0 Å². The molecule has 0 bridgehead atoms. The van der Waals surface area contributed by atoms with Crippen molar-refractivity contribution >= 4 is 0 Å². The van der Waals surface area contributed by atoms with Gasteiger partial charge in [0.15, 0.2) is 17.5 Å². The second-order valence-corrected chi connectivity index (χ2v) is 4.58. The minimum atomic E-state index is -1.54. The normalized spacial score (nSPS) is 14.1. The molecule has 106 valence electrons. The maximum atomic E-state index is 13.1. The van der Waals surface area contributed by atoms with Gasteiger partial charge in [-0.2, -0.15) is 0 Å². The average molecular weight is 281 g/mol. The van der Waals surface area contributed by atoms with E-state index in [0.29, 0.717) is 0 Å². The lowest BCUT2D eigenvalue weighted by atomic mass is 9.96. The molecule has 2 nitrogen and oxygen atoms in total. The second kappa shape index (κ2) is 6.07. The van der Waals surface area contributed by atoms with Crippen LogP contribution < -0.4 is 5.73 Å². The highest BCUT2D eigenvalue weighted by molar-refractivity contribution is 5.24. The van der Waals surface area contributed by atoms with E-state index in [4.69, 9.17) is 5.73 Å². The molecule has 0 unspecified atom stereocenters. The first-order valence-corrected chi connectivity index (χ1v) is 6.11. The van der Waals surface area contributed by atoms with Gasteiger partial charge in [-0.15, -0.1) is 0 Å². The van der Waals surface area contributed by atoms with E-state index in [-0.39, 0.29) is 12.0 Å². The van der Waals surface area contributed by atoms with Crippen LogP contribution in [0.1, 0.15) is 17.2 Å². The van der Waals surface area contributed by atoms with Gasteiger partial charge in [-0.25, -0.2) is 13.2 Å². The van der Waals surface area contributed by atoms with Crippen LogP contribution in [0, 0.1) is 17.5 Å². The number of hydrogen-bond acceptors (Lipinski definition) is 2. The summed E-state index contributed by atoms with van der Waals surface area (Å²) in [4.78, 5) is 0. The number of halogens is 3. The maximum Gasteiger partial charge on any atom is 0.194 e. The summed E-state index contributed by atoms with van der Waals surface area (Å²) in [6.45, 7) is 0. The van der Waals surface area contributed by atoms with E-state index in [1.807, 2.05) is 30.3 Å². The Balaban J connectivity index is 2.16. The van der Waals surface area contributed by atoms with Gasteiger partial charge in [0.1, 0.15) is 0 Å². The zero-order valence-corrected chi connectivity index (χ0v) is 10.6. The standard InChI is InChI=1S/C15H14F3NO/c16-11-7-10(8-12(17)14(11)18)15(19)13(20)6-9-4-2-1-3-5-9/h1-5,7-8,13,15,20H,6,19H2/t13-,15+/m0/s1. The Morgan fingerprint density at radius 3 is 2.10 bits per heavy atom. The van der Waals surface area contributed by atoms with Crippen molar-refractivity contribution in [1.82, 2.24) is 0 Å². The van der Waals surface area contributed by atoms with Crippen LogP contribution in [-0.2, 0) is 6.42 Å². The Kier molecular flexibility index (Phi) is 4.42. The van der Waals surface area contributed by atoms with Crippen LogP contribution in [0.15, 0.2) is 42.5 Å². The van der Waals surface area contributed by atoms with Crippen LogP contribution in [0.4, 0.5) is 13.2 Å². The lowest BCUT2D eigenvalue weighted by molar-refractivity contribution is 0.144. The first-order valence-electron chi connectivity index (χ1n) is 6.11. The number of rotatable bonds is 4. The van der Waals surface area contributed by atoms with E-state index in [0.717, 1.165) is 17.7 Å². The molecule has 2 rings (SSSR count). The molecular weight excluding hydrogens is 267 g/mol. The molecule has 3 N–H and O–H groups in total. The highest BCUT2D eigenvalue weighted by Gasteiger charge is 2.21. The molecule has 5 heteroatoms. The molecule has 0 aromatic heterocycles. The third kappa shape index (κ3) is 3.18. The summed E-state index contributed by atoms with van der Waals surface area (Å²) in [7, 11) is 0. The van der Waals surface area contributed by atoms with Crippen molar-refractivity contribution in [3.63, 3.8) is 0 Å². The minimum absolute atomic E-state index is 0.0184. The summed E-state index contributed by atoms with van der Waals surface area (Å²) in [6.07, 6.45) is -0.788. The second-order valence-electron chi connectivity index (χ2n) is 4.58. The van der Waals surface area contributed by atoms with Crippen LogP contribution in [0.5, 0.6) is 0 Å². The van der Waals surface area contributed by atoms with Crippen molar-refractivity contribution in [3.05, 3.63) is 71.0 Å². The van der Waals surface area contributed by atoms with Crippen LogP contribution in [-0.4, -0.2) is 11.2 Å². The molecule has 0 spiro atoms. The Morgan fingerprint density at radius 2 is 1.55 bits per heavy atom. The zero-order chi connectivity index (χ0) is 14.7. The van der Waals surface area contributed by atoms with E-state index in [9.17, 15) is 18.3 Å². The molecule has 0 aliphatic rings. The first kappa shape index (κ1) is 14.6. The molecule has 0 amide bonds. The summed E-state index contributed by atoms with van der Waals surface area (Å²) in [5, 5.41) is 10.0. The highest BCUT2D eigenvalue weighted by atomic mass is 19.2. The number of aliphatic hydroxyl groups is 1. The Bertz CT molecular complexity index is 566. The molecule has 0 heterocycles. The highest BCUT2D eigenvalue weighted by Crippen LogP contribution is 2.21. The number of hydrogen-bond donors (Lipinski definition) is 2. The van der Waals surface area contributed by atoms with Gasteiger partial charge >= 0.3 is 0 Å². The van der Waals surface area contributed by atoms with E-state index in [1.165, 1.54) is 0 Å². The molecule has 0 saturated carbocycles. The third-order valence-electron chi connectivity index (χ3n) is 3.09. The summed E-state index contributed by atoms with van der Waals surface area (Å²) < 4.78 is 39.1. The van der Waals surface area contributed by atoms with Gasteiger partial charge in [-0.05, 0) is 23.3 Å². The smallest absolute Gasteiger partial charge is 0.194 e. The van der Waals surface area contributed by atoms with Crippen molar-refractivity contribution in [2.45, 2.75) is 18.6 Å². The minimum Gasteiger partial charge on any atom is -0.391 e. The van der Waals surface area contributed by atoms with Crippen LogP contribution in [0.25, 0.3) is 0 Å². The molecule has 0 fully saturated rings. The predicted molar refractivity (Wildman–Crippen MR) is 69.4 cm³/mol. The van der Waals surface area contributed by atoms with E-state index < -0.39 is 29.6 Å². The summed E-state index contributed by atoms with van der Waals surface area (Å²) in [6, 6.07) is 9.67. The summed E-state index contributed by atoms with van der Waals surface area (Å²) in [5.74, 6) is -4.18. The number of aliphatic hydroxyl groups excluding tert-OH is 1. The van der Waals surface area contributed by atoms with Gasteiger partial charge in [-0.3, -0.25) is 0 Å². The van der Waals surface area contributed by atoms with Crippen molar-refractivity contribution in [3.8, 4) is 0 Å². The zero-order valence-electron chi connectivity index (χ0n) is 10.6. The van der Waals surface area contributed by atoms with Gasteiger partial charge in [0.05, 0.1) is 12.1 Å². The maximum absolute atomic E-state index is 13.1. The molecule has 0 saturated heterocycles. The lowest BCUT2D eigenvalue weighted by Gasteiger charge is -2.19. The average Bonchev–Trinajstić information content (AvgIpc) is 2.44. The van der Waals surface area contributed by atoms with Crippen molar-refractivity contribution in [2.24, 2.45) is 5.73 Å². The number of benzene rings is 2. The number of nitrogens with two attached hydrogens (primary N) is 1. The van der Waals surface area contributed by atoms with Crippen molar-refractivity contribution < 1.29 is 18.3 Å². The fraction of sp³-hybridized carbons (Fsp3) is 0.200. The van der Waals surface area contributed by atoms with Crippen molar-refractivity contribution in [1.29, 1.82) is 0 Å². The van der Waals surface area contributed by atoms with Gasteiger partial charge in [-0.1, -0.05) is 30.3 Å². The topological polar surface area (TPSA) is 46.2 Å². The van der Waals surface area contributed by atoms with Crippen LogP contribution >= 0.6 is 0 Å². The molecule has 2 aromatic carbocycles. The SMILES string of the molecule is N[C@H](c1cc(F)c(F)c(F)c1)[C@@H](O)Cc1ccccc1. The van der Waals surface area contributed by atoms with Gasteiger partial charge < -0.3 is 10.8 Å². The molecule has 0 aliphatic heterocycles. The summed E-state index contributed by atoms with van der Waals surface area (Å²) >= 11 is 0. The molecule has 0 aliphatic carbocycles. The largest absolute Gasteiger partial charge is 0.391 e. The Hall–Kier alpha value is -1.85. The monoisotopic (exact) mass is 281 g/mol.